The Labute approximate surface area is 183 Å². The fourth-order valence-electron chi connectivity index (χ4n) is 3.51. The van der Waals surface area contributed by atoms with Gasteiger partial charge in [0.1, 0.15) is 11.4 Å². The summed E-state index contributed by atoms with van der Waals surface area (Å²) in [6, 6.07) is 13.2. The predicted octanol–water partition coefficient (Wildman–Crippen LogP) is 4.32. The summed E-state index contributed by atoms with van der Waals surface area (Å²) in [6.07, 6.45) is 0.592. The standard InChI is InChI=1S/C25H30N2O4/c1-5-30-15-9-14-27-24(28)22(19-13-12-17(3)18(4)16-19)23(25(27)29)26-20-10-7-8-11-21(20)31-6-2/h7-8,10-13,16,26H,5-6,9,14-15H2,1-4H3. The minimum absolute atomic E-state index is 0.275. The van der Waals surface area contributed by atoms with E-state index in [2.05, 4.69) is 5.32 Å². The molecule has 0 radical (unpaired) electrons. The number of nitrogens with zero attached hydrogens (tertiary/aromatic N) is 1. The van der Waals surface area contributed by atoms with Crippen LogP contribution >= 0.6 is 0 Å². The molecule has 3 rings (SSSR count). The van der Waals surface area contributed by atoms with E-state index in [-0.39, 0.29) is 17.5 Å². The Morgan fingerprint density at radius 1 is 0.935 bits per heavy atom. The number of amides is 2. The van der Waals surface area contributed by atoms with E-state index in [1.807, 2.05) is 70.2 Å². The number of carbonyl (C=O) groups excluding carboxylic acids is 2. The number of carbonyl (C=O) groups is 2. The lowest BCUT2D eigenvalue weighted by molar-refractivity contribution is -0.137. The van der Waals surface area contributed by atoms with Crippen molar-refractivity contribution in [1.82, 2.24) is 4.90 Å². The second kappa shape index (κ2) is 10.3. The zero-order chi connectivity index (χ0) is 22.4. The van der Waals surface area contributed by atoms with Crippen molar-refractivity contribution in [1.29, 1.82) is 0 Å². The first-order valence-electron chi connectivity index (χ1n) is 10.7. The van der Waals surface area contributed by atoms with Gasteiger partial charge in [-0.3, -0.25) is 14.5 Å². The molecular weight excluding hydrogens is 392 g/mol. The third kappa shape index (κ3) is 4.97. The van der Waals surface area contributed by atoms with Crippen LogP contribution in [0.25, 0.3) is 5.57 Å². The quantitative estimate of drug-likeness (QED) is 0.456. The summed E-state index contributed by atoms with van der Waals surface area (Å²) < 4.78 is 11.1. The summed E-state index contributed by atoms with van der Waals surface area (Å²) in [7, 11) is 0. The molecule has 1 N–H and O–H groups in total. The number of benzene rings is 2. The van der Waals surface area contributed by atoms with Gasteiger partial charge in [0.05, 0.1) is 17.9 Å². The summed E-state index contributed by atoms with van der Waals surface area (Å²) in [6.45, 7) is 9.76. The summed E-state index contributed by atoms with van der Waals surface area (Å²) in [5.74, 6) is 0.00847. The van der Waals surface area contributed by atoms with E-state index in [9.17, 15) is 9.59 Å². The van der Waals surface area contributed by atoms with Crippen molar-refractivity contribution in [2.75, 3.05) is 31.7 Å². The molecule has 0 spiro atoms. The van der Waals surface area contributed by atoms with Crippen molar-refractivity contribution >= 4 is 23.1 Å². The largest absolute Gasteiger partial charge is 0.492 e. The number of anilines is 1. The second-order valence-electron chi connectivity index (χ2n) is 7.42. The van der Waals surface area contributed by atoms with E-state index in [4.69, 9.17) is 9.47 Å². The van der Waals surface area contributed by atoms with Gasteiger partial charge in [-0.05, 0) is 62.9 Å². The molecule has 1 aliphatic rings. The first-order chi connectivity index (χ1) is 15.0. The molecule has 2 aromatic carbocycles. The van der Waals surface area contributed by atoms with Crippen LogP contribution in [0.2, 0.25) is 0 Å². The molecule has 6 nitrogen and oxygen atoms in total. The minimum atomic E-state index is -0.332. The van der Waals surface area contributed by atoms with Crippen LogP contribution in [0.15, 0.2) is 48.2 Å². The van der Waals surface area contributed by atoms with Crippen molar-refractivity contribution in [2.24, 2.45) is 0 Å². The number of aryl methyl sites for hydroxylation is 2. The highest BCUT2D eigenvalue weighted by Crippen LogP contribution is 2.34. The number of imide groups is 1. The van der Waals surface area contributed by atoms with Gasteiger partial charge in [-0.1, -0.05) is 30.3 Å². The van der Waals surface area contributed by atoms with E-state index >= 15 is 0 Å². The lowest BCUT2D eigenvalue weighted by atomic mass is 9.99. The molecule has 31 heavy (non-hydrogen) atoms. The average molecular weight is 423 g/mol. The smallest absolute Gasteiger partial charge is 0.278 e. The second-order valence-corrected chi connectivity index (χ2v) is 7.42. The van der Waals surface area contributed by atoms with Crippen LogP contribution in [0.5, 0.6) is 5.75 Å². The summed E-state index contributed by atoms with van der Waals surface area (Å²) in [4.78, 5) is 27.9. The highest BCUT2D eigenvalue weighted by atomic mass is 16.5. The van der Waals surface area contributed by atoms with Crippen molar-refractivity contribution in [2.45, 2.75) is 34.1 Å². The summed E-state index contributed by atoms with van der Waals surface area (Å²) in [5, 5.41) is 3.20. The van der Waals surface area contributed by atoms with Gasteiger partial charge in [-0.2, -0.15) is 0 Å². The Hall–Kier alpha value is -3.12. The molecule has 0 aliphatic carbocycles. The lowest BCUT2D eigenvalue weighted by Crippen LogP contribution is -2.34. The van der Waals surface area contributed by atoms with Crippen molar-refractivity contribution in [3.05, 3.63) is 64.9 Å². The van der Waals surface area contributed by atoms with E-state index in [0.29, 0.717) is 49.8 Å². The maximum absolute atomic E-state index is 13.3. The highest BCUT2D eigenvalue weighted by Gasteiger charge is 2.39. The Balaban J connectivity index is 2.00. The van der Waals surface area contributed by atoms with Crippen LogP contribution < -0.4 is 10.1 Å². The fourth-order valence-corrected chi connectivity index (χ4v) is 3.51. The van der Waals surface area contributed by atoms with E-state index in [1.54, 1.807) is 0 Å². The summed E-state index contributed by atoms with van der Waals surface area (Å²) >= 11 is 0. The Bertz CT molecular complexity index is 997. The van der Waals surface area contributed by atoms with Crippen LogP contribution in [0, 0.1) is 13.8 Å². The number of nitrogens with one attached hydrogen (secondary N) is 1. The number of rotatable bonds is 10. The molecule has 0 saturated heterocycles. The monoisotopic (exact) mass is 422 g/mol. The third-order valence-electron chi connectivity index (χ3n) is 5.28. The molecular formula is C25H30N2O4. The number of ether oxygens (including phenoxy) is 2. The predicted molar refractivity (Wildman–Crippen MR) is 122 cm³/mol. The molecule has 0 saturated carbocycles. The molecule has 0 fully saturated rings. The number of hydrogen-bond donors (Lipinski definition) is 1. The molecule has 0 bridgehead atoms. The van der Waals surface area contributed by atoms with Gasteiger partial charge in [0.15, 0.2) is 0 Å². The van der Waals surface area contributed by atoms with Crippen LogP contribution in [0.3, 0.4) is 0 Å². The molecule has 2 amide bonds. The topological polar surface area (TPSA) is 67.9 Å². The Morgan fingerprint density at radius 2 is 1.71 bits per heavy atom. The van der Waals surface area contributed by atoms with Crippen LogP contribution in [-0.2, 0) is 14.3 Å². The van der Waals surface area contributed by atoms with Gasteiger partial charge in [0, 0.05) is 19.8 Å². The molecule has 0 unspecified atom stereocenters. The molecule has 0 atom stereocenters. The Kier molecular flexibility index (Phi) is 7.47. The first kappa shape index (κ1) is 22.6. The van der Waals surface area contributed by atoms with Gasteiger partial charge in [-0.25, -0.2) is 0 Å². The zero-order valence-electron chi connectivity index (χ0n) is 18.7. The van der Waals surface area contributed by atoms with E-state index < -0.39 is 0 Å². The van der Waals surface area contributed by atoms with Gasteiger partial charge >= 0.3 is 0 Å². The highest BCUT2D eigenvalue weighted by molar-refractivity contribution is 6.36. The summed E-state index contributed by atoms with van der Waals surface area (Å²) in [5.41, 5.74) is 4.23. The van der Waals surface area contributed by atoms with E-state index in [0.717, 1.165) is 16.7 Å². The minimum Gasteiger partial charge on any atom is -0.492 e. The lowest BCUT2D eigenvalue weighted by Gasteiger charge is -2.16. The molecule has 1 aliphatic heterocycles. The SMILES string of the molecule is CCOCCCN1C(=O)C(Nc2ccccc2OCC)=C(c2ccc(C)c(C)c2)C1=O. The van der Waals surface area contributed by atoms with Gasteiger partial charge in [-0.15, -0.1) is 0 Å². The fraction of sp³-hybridized carbons (Fsp3) is 0.360. The molecule has 164 valence electrons. The molecule has 0 aromatic heterocycles. The zero-order valence-corrected chi connectivity index (χ0v) is 18.7. The van der Waals surface area contributed by atoms with Gasteiger partial charge < -0.3 is 14.8 Å². The van der Waals surface area contributed by atoms with Gasteiger partial charge in [0.2, 0.25) is 0 Å². The molecule has 6 heteroatoms. The molecule has 2 aromatic rings. The normalized spacial score (nSPS) is 13.9. The van der Waals surface area contributed by atoms with Crippen molar-refractivity contribution in [3.8, 4) is 5.75 Å². The van der Waals surface area contributed by atoms with Gasteiger partial charge in [0.25, 0.3) is 11.8 Å². The Morgan fingerprint density at radius 3 is 2.42 bits per heavy atom. The maximum Gasteiger partial charge on any atom is 0.278 e. The maximum atomic E-state index is 13.3. The van der Waals surface area contributed by atoms with E-state index in [1.165, 1.54) is 4.90 Å². The van der Waals surface area contributed by atoms with Crippen LogP contribution in [0.1, 0.15) is 37.0 Å². The van der Waals surface area contributed by atoms with Crippen molar-refractivity contribution in [3.63, 3.8) is 0 Å². The first-order valence-corrected chi connectivity index (χ1v) is 10.7. The number of para-hydroxylation sites is 2. The van der Waals surface area contributed by atoms with Crippen LogP contribution in [0.4, 0.5) is 5.69 Å². The van der Waals surface area contributed by atoms with Crippen LogP contribution in [-0.4, -0.2) is 43.1 Å². The number of hydrogen-bond acceptors (Lipinski definition) is 5. The molecule has 1 heterocycles. The third-order valence-corrected chi connectivity index (χ3v) is 5.28. The van der Waals surface area contributed by atoms with Crippen molar-refractivity contribution < 1.29 is 19.1 Å². The average Bonchev–Trinajstić information content (AvgIpc) is 2.99.